The highest BCUT2D eigenvalue weighted by atomic mass is 28.4. The second kappa shape index (κ2) is 5.51. The molecule has 0 amide bonds. The highest BCUT2D eigenvalue weighted by Gasteiger charge is 2.35. The molecule has 0 aliphatic heterocycles. The Bertz CT molecular complexity index is 402. The largest absolute Gasteiger partial charge is 0.404 e. The topological polar surface area (TPSA) is 26.3 Å². The van der Waals surface area contributed by atoms with Gasteiger partial charge in [0.15, 0.2) is 8.32 Å². The standard InChI is InChI=1S/C14H24O2Si2/c1-17(2,3)14(15)13(16-18(4,5)6)12-10-8-7-9-11-12/h7-11,13H,1-6H3/t13-/m1/s1. The van der Waals surface area contributed by atoms with Crippen LogP contribution in [0.25, 0.3) is 0 Å². The molecule has 0 spiro atoms. The van der Waals surface area contributed by atoms with E-state index in [2.05, 4.69) is 39.3 Å². The van der Waals surface area contributed by atoms with Gasteiger partial charge in [-0.3, -0.25) is 0 Å². The van der Waals surface area contributed by atoms with Crippen molar-refractivity contribution in [1.82, 2.24) is 0 Å². The lowest BCUT2D eigenvalue weighted by Crippen LogP contribution is -2.42. The highest BCUT2D eigenvalue weighted by molar-refractivity contribution is 7.04. The van der Waals surface area contributed by atoms with E-state index in [1.807, 2.05) is 30.3 Å². The molecule has 0 saturated heterocycles. The molecule has 0 fully saturated rings. The molecule has 0 unspecified atom stereocenters. The molecule has 0 N–H and O–H groups in total. The molecular formula is C14H24O2Si2. The maximum absolute atomic E-state index is 12.6. The third kappa shape index (κ3) is 4.51. The molecule has 0 aliphatic rings. The van der Waals surface area contributed by atoms with Gasteiger partial charge in [0, 0.05) is 0 Å². The predicted octanol–water partition coefficient (Wildman–Crippen LogP) is 4.03. The van der Waals surface area contributed by atoms with Crippen LogP contribution in [0.4, 0.5) is 0 Å². The fourth-order valence-electron chi connectivity index (χ4n) is 1.65. The van der Waals surface area contributed by atoms with Crippen LogP contribution in [-0.2, 0) is 9.22 Å². The Labute approximate surface area is 113 Å². The zero-order valence-corrected chi connectivity index (χ0v) is 14.3. The van der Waals surface area contributed by atoms with Crippen LogP contribution in [0.5, 0.6) is 0 Å². The van der Waals surface area contributed by atoms with Gasteiger partial charge in [-0.1, -0.05) is 50.0 Å². The monoisotopic (exact) mass is 280 g/mol. The number of carbonyl (C=O) groups excluding carboxylic acids is 1. The van der Waals surface area contributed by atoms with E-state index in [0.717, 1.165) is 5.56 Å². The minimum Gasteiger partial charge on any atom is -0.404 e. The van der Waals surface area contributed by atoms with Crippen molar-refractivity contribution in [2.75, 3.05) is 0 Å². The van der Waals surface area contributed by atoms with Gasteiger partial charge in [0.05, 0.1) is 0 Å². The fraction of sp³-hybridized carbons (Fsp3) is 0.500. The van der Waals surface area contributed by atoms with E-state index in [9.17, 15) is 4.79 Å². The minimum atomic E-state index is -1.85. The van der Waals surface area contributed by atoms with Crippen molar-refractivity contribution in [3.8, 4) is 0 Å². The van der Waals surface area contributed by atoms with Gasteiger partial charge in [-0.05, 0) is 25.2 Å². The van der Waals surface area contributed by atoms with Crippen LogP contribution in [0.15, 0.2) is 30.3 Å². The Morgan fingerprint density at radius 1 is 1.00 bits per heavy atom. The third-order valence-electron chi connectivity index (χ3n) is 2.55. The predicted molar refractivity (Wildman–Crippen MR) is 82.0 cm³/mol. The molecule has 0 bridgehead atoms. The molecular weight excluding hydrogens is 256 g/mol. The van der Waals surface area contributed by atoms with Crippen LogP contribution in [-0.4, -0.2) is 21.8 Å². The zero-order valence-electron chi connectivity index (χ0n) is 12.3. The van der Waals surface area contributed by atoms with E-state index in [1.54, 1.807) is 0 Å². The van der Waals surface area contributed by atoms with Gasteiger partial charge >= 0.3 is 0 Å². The summed E-state index contributed by atoms with van der Waals surface area (Å²) in [6.45, 7) is 12.6. The van der Waals surface area contributed by atoms with Crippen LogP contribution >= 0.6 is 0 Å². The molecule has 18 heavy (non-hydrogen) atoms. The Morgan fingerprint density at radius 2 is 1.50 bits per heavy atom. The lowest BCUT2D eigenvalue weighted by molar-refractivity contribution is -0.119. The summed E-state index contributed by atoms with van der Waals surface area (Å²) in [6, 6.07) is 9.88. The van der Waals surface area contributed by atoms with Gasteiger partial charge in [0.2, 0.25) is 0 Å². The van der Waals surface area contributed by atoms with Gasteiger partial charge in [-0.25, -0.2) is 0 Å². The number of benzene rings is 1. The van der Waals surface area contributed by atoms with Crippen LogP contribution < -0.4 is 0 Å². The Balaban J connectivity index is 3.08. The van der Waals surface area contributed by atoms with E-state index < -0.39 is 16.4 Å². The molecule has 0 heterocycles. The van der Waals surface area contributed by atoms with E-state index in [4.69, 9.17) is 4.43 Å². The first-order valence-electron chi connectivity index (χ1n) is 6.38. The molecule has 0 saturated carbocycles. The Morgan fingerprint density at radius 3 is 1.89 bits per heavy atom. The molecule has 1 rings (SSSR count). The summed E-state index contributed by atoms with van der Waals surface area (Å²) < 4.78 is 6.14. The summed E-state index contributed by atoms with van der Waals surface area (Å²) in [5.41, 5.74) is 0.993. The van der Waals surface area contributed by atoms with Gasteiger partial charge in [-0.2, -0.15) is 0 Å². The van der Waals surface area contributed by atoms with E-state index in [1.165, 1.54) is 0 Å². The highest BCUT2D eigenvalue weighted by Crippen LogP contribution is 2.26. The lowest BCUT2D eigenvalue weighted by Gasteiger charge is -2.29. The SMILES string of the molecule is C[Si](C)(C)O[C@@H](C(=O)[Si](C)(C)C)c1ccccc1. The maximum atomic E-state index is 12.6. The number of carbonyl (C=O) groups is 1. The summed E-state index contributed by atoms with van der Waals surface area (Å²) in [7, 11) is -3.59. The van der Waals surface area contributed by atoms with Crippen molar-refractivity contribution in [3.05, 3.63) is 35.9 Å². The van der Waals surface area contributed by atoms with Crippen LogP contribution in [0.1, 0.15) is 11.7 Å². The molecule has 100 valence electrons. The lowest BCUT2D eigenvalue weighted by atomic mass is 10.1. The fourth-order valence-corrected chi connectivity index (χ4v) is 3.73. The first-order chi connectivity index (χ1) is 8.11. The van der Waals surface area contributed by atoms with Gasteiger partial charge in [0.25, 0.3) is 0 Å². The van der Waals surface area contributed by atoms with Crippen LogP contribution in [0.2, 0.25) is 39.3 Å². The molecule has 0 radical (unpaired) electrons. The van der Waals surface area contributed by atoms with Crippen molar-refractivity contribution in [3.63, 3.8) is 0 Å². The third-order valence-corrected chi connectivity index (χ3v) is 5.23. The summed E-state index contributed by atoms with van der Waals surface area (Å²) >= 11 is 0. The number of hydrogen-bond acceptors (Lipinski definition) is 2. The van der Waals surface area contributed by atoms with Crippen LogP contribution in [0, 0.1) is 0 Å². The average Bonchev–Trinajstić information content (AvgIpc) is 2.24. The summed E-state index contributed by atoms with van der Waals surface area (Å²) in [6.07, 6.45) is -0.371. The second-order valence-corrected chi connectivity index (χ2v) is 16.1. The van der Waals surface area contributed by atoms with E-state index in [0.29, 0.717) is 0 Å². The van der Waals surface area contributed by atoms with Crippen molar-refractivity contribution >= 4 is 21.8 Å². The quantitative estimate of drug-likeness (QED) is 0.761. The summed E-state index contributed by atoms with van der Waals surface area (Å²) in [4.78, 5) is 12.6. The van der Waals surface area contributed by atoms with Gasteiger partial charge in [-0.15, -0.1) is 0 Å². The molecule has 2 nitrogen and oxygen atoms in total. The Hall–Kier alpha value is -0.716. The first kappa shape index (κ1) is 15.3. The smallest absolute Gasteiger partial charge is 0.185 e. The zero-order chi connectivity index (χ0) is 14.0. The maximum Gasteiger partial charge on any atom is 0.185 e. The molecule has 0 aliphatic carbocycles. The molecule has 1 atom stereocenters. The van der Waals surface area contributed by atoms with E-state index >= 15 is 0 Å². The van der Waals surface area contributed by atoms with Gasteiger partial charge < -0.3 is 9.22 Å². The van der Waals surface area contributed by atoms with Crippen LogP contribution in [0.3, 0.4) is 0 Å². The number of rotatable bonds is 5. The van der Waals surface area contributed by atoms with Crippen molar-refractivity contribution in [2.24, 2.45) is 0 Å². The molecule has 1 aromatic carbocycles. The first-order valence-corrected chi connectivity index (χ1v) is 13.3. The van der Waals surface area contributed by atoms with Crippen molar-refractivity contribution < 1.29 is 9.22 Å². The van der Waals surface area contributed by atoms with Crippen molar-refractivity contribution in [2.45, 2.75) is 45.4 Å². The summed E-state index contributed by atoms with van der Waals surface area (Å²) in [5.74, 6) is 0. The summed E-state index contributed by atoms with van der Waals surface area (Å²) in [5, 5.41) is 0.288. The second-order valence-electron chi connectivity index (χ2n) is 6.64. The van der Waals surface area contributed by atoms with Gasteiger partial charge in [0.1, 0.15) is 19.6 Å². The number of hydrogen-bond donors (Lipinski definition) is 0. The van der Waals surface area contributed by atoms with E-state index in [-0.39, 0.29) is 11.5 Å². The Kier molecular flexibility index (Phi) is 4.69. The minimum absolute atomic E-state index is 0.288. The average molecular weight is 281 g/mol. The molecule has 0 aromatic heterocycles. The normalized spacial score (nSPS) is 14.3. The molecule has 1 aromatic rings. The molecule has 4 heteroatoms. The van der Waals surface area contributed by atoms with Crippen molar-refractivity contribution in [1.29, 1.82) is 0 Å².